The lowest BCUT2D eigenvalue weighted by Crippen LogP contribution is -2.35. The standard InChI is InChI=1S/C29H21NO16/c31-9-3-13(32)10-7-19(46-29(43)8-1-14(33)22(37)15(34)2-8)27(45-18(10)4-9)11-5-16(35)23(38)25(40)20(11)21-12(28(42)30-44)6-17(36)24(39)26(21)41/h1-6,19,27,31-41H,7H2/t19-,27-/m1/s1. The number of esters is 1. The van der Waals surface area contributed by atoms with Gasteiger partial charge in [0.15, 0.2) is 46.4 Å². The molecule has 238 valence electrons. The molecule has 0 spiro atoms. The molecule has 17 nitrogen and oxygen atoms in total. The Hall–Kier alpha value is -6.78. The lowest BCUT2D eigenvalue weighted by molar-refractivity contribution is -0.0187. The molecular formula is C29H21NO16. The summed E-state index contributed by atoms with van der Waals surface area (Å²) >= 11 is 0. The molecule has 1 heterocycles. The van der Waals surface area contributed by atoms with Gasteiger partial charge in [0, 0.05) is 46.0 Å². The van der Waals surface area contributed by atoms with Crippen LogP contribution in [-0.2, 0) is 11.2 Å². The second-order valence-corrected chi connectivity index (χ2v) is 9.96. The Kier molecular flexibility index (Phi) is 7.37. The highest BCUT2D eigenvalue weighted by Crippen LogP contribution is 2.55. The van der Waals surface area contributed by atoms with Crippen molar-refractivity contribution in [1.29, 1.82) is 0 Å². The summed E-state index contributed by atoms with van der Waals surface area (Å²) in [5.74, 6) is -14.1. The molecule has 0 unspecified atom stereocenters. The molecule has 1 aliphatic rings. The van der Waals surface area contributed by atoms with Gasteiger partial charge < -0.3 is 65.6 Å². The maximum atomic E-state index is 13.2. The molecule has 4 aromatic rings. The molecule has 0 aromatic heterocycles. The number of fused-ring (bicyclic) bond motifs is 1. The van der Waals surface area contributed by atoms with Crippen LogP contribution in [0.15, 0.2) is 41.6 Å². The van der Waals surface area contributed by atoms with Crippen LogP contribution in [0, 0.1) is 4.91 Å². The van der Waals surface area contributed by atoms with Crippen molar-refractivity contribution in [2.45, 2.75) is 18.6 Å². The van der Waals surface area contributed by atoms with E-state index in [0.717, 1.165) is 30.3 Å². The number of hydrogen-bond donors (Lipinski definition) is 11. The van der Waals surface area contributed by atoms with Crippen molar-refractivity contribution >= 4 is 11.9 Å². The number of carbonyl (C=O) groups is 2. The zero-order valence-corrected chi connectivity index (χ0v) is 22.7. The van der Waals surface area contributed by atoms with Crippen molar-refractivity contribution in [3.8, 4) is 80.1 Å². The van der Waals surface area contributed by atoms with Crippen molar-refractivity contribution in [2.75, 3.05) is 0 Å². The largest absolute Gasteiger partial charge is 0.508 e. The zero-order chi connectivity index (χ0) is 33.8. The topological polar surface area (TPSA) is 305 Å². The van der Waals surface area contributed by atoms with Gasteiger partial charge in [0.05, 0.1) is 11.1 Å². The van der Waals surface area contributed by atoms with Crippen LogP contribution in [0.4, 0.5) is 0 Å². The van der Waals surface area contributed by atoms with E-state index in [1.54, 1.807) is 0 Å². The van der Waals surface area contributed by atoms with E-state index in [1.165, 1.54) is 0 Å². The van der Waals surface area contributed by atoms with Crippen molar-refractivity contribution in [3.05, 3.63) is 63.6 Å². The minimum Gasteiger partial charge on any atom is -0.508 e. The molecule has 0 fully saturated rings. The van der Waals surface area contributed by atoms with Gasteiger partial charge in [-0.2, -0.15) is 0 Å². The quantitative estimate of drug-likeness (QED) is 0.0849. The monoisotopic (exact) mass is 639 g/mol. The van der Waals surface area contributed by atoms with E-state index in [4.69, 9.17) is 9.47 Å². The summed E-state index contributed by atoms with van der Waals surface area (Å²) in [4.78, 5) is 36.9. The van der Waals surface area contributed by atoms with Crippen LogP contribution in [0.3, 0.4) is 0 Å². The molecule has 1 amide bonds. The lowest BCUT2D eigenvalue weighted by Gasteiger charge is -2.35. The molecule has 0 radical (unpaired) electrons. The number of amides is 1. The molecular weight excluding hydrogens is 618 g/mol. The number of phenols is 11. The van der Waals surface area contributed by atoms with E-state index < -0.39 is 122 Å². The smallest absolute Gasteiger partial charge is 0.338 e. The third-order valence-corrected chi connectivity index (χ3v) is 7.14. The van der Waals surface area contributed by atoms with Crippen molar-refractivity contribution in [2.24, 2.45) is 5.18 Å². The van der Waals surface area contributed by atoms with Crippen LogP contribution in [0.2, 0.25) is 0 Å². The summed E-state index contributed by atoms with van der Waals surface area (Å²) < 4.78 is 11.5. The number of nitrogens with zero attached hydrogens (tertiary/aromatic N) is 1. The number of benzene rings is 4. The molecule has 4 aromatic carbocycles. The van der Waals surface area contributed by atoms with E-state index in [1.807, 2.05) is 0 Å². The molecule has 17 heteroatoms. The van der Waals surface area contributed by atoms with E-state index in [0.29, 0.717) is 6.07 Å². The summed E-state index contributed by atoms with van der Waals surface area (Å²) in [5, 5.41) is 115. The lowest BCUT2D eigenvalue weighted by atomic mass is 9.86. The average molecular weight is 639 g/mol. The predicted molar refractivity (Wildman–Crippen MR) is 149 cm³/mol. The number of rotatable bonds is 5. The first-order valence-electron chi connectivity index (χ1n) is 12.8. The molecule has 2 atom stereocenters. The normalized spacial score (nSPS) is 15.4. The molecule has 11 N–H and O–H groups in total. The highest BCUT2D eigenvalue weighted by molar-refractivity contribution is 6.06. The van der Waals surface area contributed by atoms with Gasteiger partial charge in [-0.1, -0.05) is 0 Å². The molecule has 46 heavy (non-hydrogen) atoms. The maximum Gasteiger partial charge on any atom is 0.338 e. The first-order chi connectivity index (χ1) is 21.6. The average Bonchev–Trinajstić information content (AvgIpc) is 3.00. The fourth-order valence-corrected chi connectivity index (χ4v) is 5.01. The Bertz CT molecular complexity index is 1950. The van der Waals surface area contributed by atoms with Crippen molar-refractivity contribution in [3.63, 3.8) is 0 Å². The van der Waals surface area contributed by atoms with E-state index >= 15 is 0 Å². The number of carbonyl (C=O) groups excluding carboxylic acids is 2. The number of nitroso groups, excluding NO2 is 1. The summed E-state index contributed by atoms with van der Waals surface area (Å²) in [6.07, 6.45) is -3.86. The fraction of sp³-hybridized carbons (Fsp3) is 0.103. The Morgan fingerprint density at radius 2 is 1.24 bits per heavy atom. The molecule has 5 rings (SSSR count). The van der Waals surface area contributed by atoms with E-state index in [2.05, 4.69) is 5.18 Å². The van der Waals surface area contributed by atoms with Crippen molar-refractivity contribution < 1.29 is 75.2 Å². The zero-order valence-electron chi connectivity index (χ0n) is 22.7. The molecule has 0 saturated heterocycles. The first kappa shape index (κ1) is 30.7. The number of phenolic OH excluding ortho intramolecular Hbond substituents is 11. The summed E-state index contributed by atoms with van der Waals surface area (Å²) in [6.45, 7) is 0. The van der Waals surface area contributed by atoms with Gasteiger partial charge >= 0.3 is 11.9 Å². The van der Waals surface area contributed by atoms with E-state index in [-0.39, 0.29) is 11.3 Å². The SMILES string of the molecule is O=NC(=O)c1cc(O)c(O)c(O)c1-c1c([C@H]2Oc3cc(O)cc(O)c3C[C@H]2OC(=O)c2cc(O)c(O)c(O)c2)cc(O)c(O)c1O. The summed E-state index contributed by atoms with van der Waals surface area (Å²) in [5.41, 5.74) is -3.70. The highest BCUT2D eigenvalue weighted by atomic mass is 16.6. The third-order valence-electron chi connectivity index (χ3n) is 7.14. The predicted octanol–water partition coefficient (Wildman–Crippen LogP) is 2.92. The van der Waals surface area contributed by atoms with Crippen LogP contribution in [-0.4, -0.2) is 74.2 Å². The number of ether oxygens (including phenoxy) is 2. The van der Waals surface area contributed by atoms with Crippen LogP contribution in [0.5, 0.6) is 69.0 Å². The van der Waals surface area contributed by atoms with Gasteiger partial charge in [-0.3, -0.25) is 4.79 Å². The number of aromatic hydroxyl groups is 11. The van der Waals surface area contributed by atoms with Gasteiger partial charge in [-0.25, -0.2) is 4.79 Å². The van der Waals surface area contributed by atoms with Crippen LogP contribution in [0.25, 0.3) is 11.1 Å². The summed E-state index contributed by atoms with van der Waals surface area (Å²) in [7, 11) is 0. The third kappa shape index (κ3) is 4.96. The van der Waals surface area contributed by atoms with Crippen LogP contribution in [0.1, 0.15) is 37.9 Å². The summed E-state index contributed by atoms with van der Waals surface area (Å²) in [6, 6.07) is 4.69. The van der Waals surface area contributed by atoms with Gasteiger partial charge in [0.25, 0.3) is 0 Å². The van der Waals surface area contributed by atoms with Gasteiger partial charge in [-0.05, 0) is 24.3 Å². The van der Waals surface area contributed by atoms with Gasteiger partial charge in [0.1, 0.15) is 23.4 Å². The Morgan fingerprint density at radius 1 is 0.674 bits per heavy atom. The fourth-order valence-electron chi connectivity index (χ4n) is 5.01. The second-order valence-electron chi connectivity index (χ2n) is 9.96. The molecule has 0 saturated carbocycles. The van der Waals surface area contributed by atoms with Gasteiger partial charge in [-0.15, -0.1) is 4.91 Å². The number of hydrogen-bond acceptors (Lipinski definition) is 16. The first-order valence-corrected chi connectivity index (χ1v) is 12.8. The second kappa shape index (κ2) is 11.1. The van der Waals surface area contributed by atoms with Gasteiger partial charge in [0.2, 0.25) is 11.5 Å². The van der Waals surface area contributed by atoms with Crippen molar-refractivity contribution in [1.82, 2.24) is 0 Å². The highest BCUT2D eigenvalue weighted by Gasteiger charge is 2.41. The maximum absolute atomic E-state index is 13.2. The Morgan fingerprint density at radius 3 is 1.85 bits per heavy atom. The van der Waals surface area contributed by atoms with Crippen LogP contribution < -0.4 is 4.74 Å². The minimum absolute atomic E-state index is 0.0387. The Labute approximate surface area is 254 Å². The molecule has 0 bridgehead atoms. The minimum atomic E-state index is -1.77. The Balaban J connectivity index is 1.77. The van der Waals surface area contributed by atoms with Crippen LogP contribution >= 0.6 is 0 Å². The molecule has 1 aliphatic heterocycles. The van der Waals surface area contributed by atoms with E-state index in [9.17, 15) is 70.7 Å². The molecule has 0 aliphatic carbocycles.